The standard InChI is InChI=1S/C21H25NO/c1-5-6-9-18-19(17-13-15(2)12-16(3)14-17)20(23)21(4)10-7-8-11-22(18)21/h7-8,10-14H,5-6,9H2,1-4H3. The third-order valence-corrected chi connectivity index (χ3v) is 4.81. The number of allylic oxidation sites excluding steroid dienone is 3. The van der Waals surface area contributed by atoms with Crippen LogP contribution in [-0.2, 0) is 4.79 Å². The molecule has 0 aliphatic carbocycles. The van der Waals surface area contributed by atoms with Crippen LogP contribution in [0.25, 0.3) is 5.57 Å². The number of nitrogens with zero attached hydrogens (tertiary/aromatic N) is 1. The van der Waals surface area contributed by atoms with Crippen molar-refractivity contribution in [2.24, 2.45) is 0 Å². The van der Waals surface area contributed by atoms with E-state index in [0.29, 0.717) is 0 Å². The summed E-state index contributed by atoms with van der Waals surface area (Å²) in [4.78, 5) is 15.5. The first-order chi connectivity index (χ1) is 11.0. The number of benzene rings is 1. The number of carbonyl (C=O) groups is 1. The molecule has 0 radical (unpaired) electrons. The molecule has 0 saturated heterocycles. The van der Waals surface area contributed by atoms with Crippen molar-refractivity contribution in [3.63, 3.8) is 0 Å². The molecule has 0 N–H and O–H groups in total. The quantitative estimate of drug-likeness (QED) is 0.786. The number of rotatable bonds is 4. The van der Waals surface area contributed by atoms with E-state index in [1.165, 1.54) is 16.8 Å². The second-order valence-electron chi connectivity index (χ2n) is 6.85. The zero-order valence-corrected chi connectivity index (χ0v) is 14.5. The van der Waals surface area contributed by atoms with Crippen molar-refractivity contribution in [3.05, 3.63) is 65.0 Å². The van der Waals surface area contributed by atoms with Gasteiger partial charge in [0, 0.05) is 17.5 Å². The van der Waals surface area contributed by atoms with Gasteiger partial charge in [0.1, 0.15) is 5.54 Å². The first-order valence-electron chi connectivity index (χ1n) is 8.49. The molecule has 3 rings (SSSR count). The van der Waals surface area contributed by atoms with E-state index in [-0.39, 0.29) is 5.78 Å². The Kier molecular flexibility index (Phi) is 4.01. The van der Waals surface area contributed by atoms with E-state index in [2.05, 4.69) is 50.1 Å². The Morgan fingerprint density at radius 3 is 2.43 bits per heavy atom. The third kappa shape index (κ3) is 2.56. The Labute approximate surface area is 139 Å². The summed E-state index contributed by atoms with van der Waals surface area (Å²) in [5.41, 5.74) is 4.99. The van der Waals surface area contributed by atoms with Gasteiger partial charge in [-0.25, -0.2) is 0 Å². The molecule has 23 heavy (non-hydrogen) atoms. The number of carbonyl (C=O) groups excluding carboxylic acids is 1. The number of aryl methyl sites for hydroxylation is 2. The molecule has 1 unspecified atom stereocenters. The van der Waals surface area contributed by atoms with Gasteiger partial charge in [0.05, 0.1) is 0 Å². The molecule has 0 fully saturated rings. The molecule has 0 amide bonds. The third-order valence-electron chi connectivity index (χ3n) is 4.81. The molecule has 0 aromatic heterocycles. The lowest BCUT2D eigenvalue weighted by Crippen LogP contribution is -2.43. The van der Waals surface area contributed by atoms with Crippen LogP contribution in [0.1, 0.15) is 49.8 Å². The fourth-order valence-electron chi connectivity index (χ4n) is 3.68. The van der Waals surface area contributed by atoms with Crippen LogP contribution in [0.4, 0.5) is 0 Å². The van der Waals surface area contributed by atoms with Gasteiger partial charge in [-0.15, -0.1) is 0 Å². The minimum absolute atomic E-state index is 0.217. The van der Waals surface area contributed by atoms with Crippen molar-refractivity contribution < 1.29 is 4.79 Å². The largest absolute Gasteiger partial charge is 0.334 e. The lowest BCUT2D eigenvalue weighted by atomic mass is 9.88. The van der Waals surface area contributed by atoms with Crippen molar-refractivity contribution in [1.82, 2.24) is 4.90 Å². The lowest BCUT2D eigenvalue weighted by molar-refractivity contribution is -0.118. The average molecular weight is 307 g/mol. The van der Waals surface area contributed by atoms with Gasteiger partial charge in [-0.05, 0) is 45.3 Å². The number of Topliss-reactive ketones (excluding diaryl/α,β-unsaturated/α-hetero) is 1. The van der Waals surface area contributed by atoms with Gasteiger partial charge in [-0.3, -0.25) is 4.79 Å². The van der Waals surface area contributed by atoms with E-state index in [0.717, 1.165) is 30.4 Å². The number of ketones is 1. The summed E-state index contributed by atoms with van der Waals surface area (Å²) < 4.78 is 0. The molecule has 2 aliphatic heterocycles. The van der Waals surface area contributed by atoms with Gasteiger partial charge >= 0.3 is 0 Å². The first kappa shape index (κ1) is 15.8. The number of hydrogen-bond acceptors (Lipinski definition) is 2. The molecular weight excluding hydrogens is 282 g/mol. The minimum Gasteiger partial charge on any atom is -0.334 e. The van der Waals surface area contributed by atoms with E-state index >= 15 is 0 Å². The maximum atomic E-state index is 13.3. The number of fused-ring (bicyclic) bond motifs is 1. The Morgan fingerprint density at radius 2 is 1.78 bits per heavy atom. The molecule has 2 heterocycles. The highest BCUT2D eigenvalue weighted by Gasteiger charge is 2.47. The first-order valence-corrected chi connectivity index (χ1v) is 8.49. The summed E-state index contributed by atoms with van der Waals surface area (Å²) >= 11 is 0. The highest BCUT2D eigenvalue weighted by atomic mass is 16.1. The van der Waals surface area contributed by atoms with Crippen molar-refractivity contribution in [2.75, 3.05) is 0 Å². The van der Waals surface area contributed by atoms with Crippen LogP contribution in [0, 0.1) is 13.8 Å². The number of hydrogen-bond donors (Lipinski definition) is 0. The van der Waals surface area contributed by atoms with Crippen molar-refractivity contribution in [3.8, 4) is 0 Å². The van der Waals surface area contributed by atoms with Gasteiger partial charge in [0.2, 0.25) is 0 Å². The summed E-state index contributed by atoms with van der Waals surface area (Å²) in [7, 11) is 0. The molecule has 1 aromatic rings. The maximum absolute atomic E-state index is 13.3. The summed E-state index contributed by atoms with van der Waals surface area (Å²) in [6, 6.07) is 6.44. The van der Waals surface area contributed by atoms with Crippen LogP contribution in [-0.4, -0.2) is 16.2 Å². The molecule has 1 aromatic carbocycles. The molecular formula is C21H25NO. The summed E-state index contributed by atoms with van der Waals surface area (Å²) in [5.74, 6) is 0.217. The molecule has 2 nitrogen and oxygen atoms in total. The highest BCUT2D eigenvalue weighted by Crippen LogP contribution is 2.43. The van der Waals surface area contributed by atoms with E-state index in [4.69, 9.17) is 0 Å². The zero-order valence-electron chi connectivity index (χ0n) is 14.5. The van der Waals surface area contributed by atoms with Crippen LogP contribution in [0.15, 0.2) is 48.3 Å². The van der Waals surface area contributed by atoms with E-state index in [1.807, 2.05) is 25.2 Å². The van der Waals surface area contributed by atoms with E-state index < -0.39 is 5.54 Å². The molecule has 2 heteroatoms. The molecule has 0 spiro atoms. The lowest BCUT2D eigenvalue weighted by Gasteiger charge is -2.34. The second kappa shape index (κ2) is 5.84. The Morgan fingerprint density at radius 1 is 1.09 bits per heavy atom. The SMILES string of the molecule is CCCCC1=C(c2cc(C)cc(C)c2)C(=O)C2(C)C=CC=CN12. The summed E-state index contributed by atoms with van der Waals surface area (Å²) in [6.07, 6.45) is 11.2. The van der Waals surface area contributed by atoms with Crippen molar-refractivity contribution in [2.45, 2.75) is 52.5 Å². The second-order valence-corrected chi connectivity index (χ2v) is 6.85. The van der Waals surface area contributed by atoms with E-state index in [9.17, 15) is 4.79 Å². The normalized spacial score (nSPS) is 23.0. The van der Waals surface area contributed by atoms with Crippen molar-refractivity contribution in [1.29, 1.82) is 0 Å². The van der Waals surface area contributed by atoms with Gasteiger partial charge in [0.25, 0.3) is 0 Å². The Balaban J connectivity index is 2.17. The predicted octanol–water partition coefficient (Wildman–Crippen LogP) is 4.93. The average Bonchev–Trinajstić information content (AvgIpc) is 2.72. The minimum atomic E-state index is -0.565. The topological polar surface area (TPSA) is 20.3 Å². The van der Waals surface area contributed by atoms with Gasteiger partial charge in [-0.1, -0.05) is 54.8 Å². The van der Waals surface area contributed by atoms with Gasteiger partial charge in [0.15, 0.2) is 5.78 Å². The van der Waals surface area contributed by atoms with Crippen LogP contribution >= 0.6 is 0 Å². The molecule has 0 saturated carbocycles. The monoisotopic (exact) mass is 307 g/mol. The fraction of sp³-hybridized carbons (Fsp3) is 0.381. The van der Waals surface area contributed by atoms with Crippen LogP contribution in [0.2, 0.25) is 0 Å². The molecule has 1 atom stereocenters. The van der Waals surface area contributed by atoms with Crippen LogP contribution in [0.5, 0.6) is 0 Å². The Bertz CT molecular complexity index is 718. The van der Waals surface area contributed by atoms with Crippen molar-refractivity contribution >= 4 is 11.4 Å². The van der Waals surface area contributed by atoms with E-state index in [1.54, 1.807) is 0 Å². The molecule has 0 bridgehead atoms. The highest BCUT2D eigenvalue weighted by molar-refractivity contribution is 6.29. The maximum Gasteiger partial charge on any atom is 0.194 e. The van der Waals surface area contributed by atoms with Gasteiger partial charge < -0.3 is 4.90 Å². The van der Waals surface area contributed by atoms with Gasteiger partial charge in [-0.2, -0.15) is 0 Å². The van der Waals surface area contributed by atoms with Crippen LogP contribution < -0.4 is 0 Å². The fourth-order valence-corrected chi connectivity index (χ4v) is 3.68. The summed E-state index contributed by atoms with van der Waals surface area (Å²) in [6.45, 7) is 8.41. The predicted molar refractivity (Wildman–Crippen MR) is 95.9 cm³/mol. The van der Waals surface area contributed by atoms with Crippen LogP contribution in [0.3, 0.4) is 0 Å². The smallest absolute Gasteiger partial charge is 0.194 e. The molecule has 120 valence electrons. The number of unbranched alkanes of at least 4 members (excludes halogenated alkanes) is 1. The molecule has 2 aliphatic rings. The zero-order chi connectivity index (χ0) is 16.6. The summed E-state index contributed by atoms with van der Waals surface area (Å²) in [5, 5.41) is 0. The Hall–Kier alpha value is -2.09.